The highest BCUT2D eigenvalue weighted by molar-refractivity contribution is 6.07. The number of nitrogens with zero attached hydrogens (tertiary/aromatic N) is 2. The van der Waals surface area contributed by atoms with Crippen LogP contribution in [0.1, 0.15) is 43.7 Å². The van der Waals surface area contributed by atoms with Gasteiger partial charge in [0.2, 0.25) is 0 Å². The Morgan fingerprint density at radius 2 is 2.04 bits per heavy atom. The minimum absolute atomic E-state index is 0.0451. The number of aryl methyl sites for hydroxylation is 1. The van der Waals surface area contributed by atoms with Crippen molar-refractivity contribution in [3.05, 3.63) is 35.4 Å². The number of carbonyl (C=O) groups excluding carboxylic acids is 2. The maximum atomic E-state index is 13.0. The van der Waals surface area contributed by atoms with Crippen LogP contribution in [0.15, 0.2) is 24.3 Å². The molecular weight excluding hydrogens is 302 g/mol. The normalized spacial score (nSPS) is 27.2. The van der Waals surface area contributed by atoms with Crippen LogP contribution in [0.2, 0.25) is 0 Å². The van der Waals surface area contributed by atoms with Gasteiger partial charge in [-0.05, 0) is 43.9 Å². The standard InChI is InChI=1S/C19H27N3O2/c1-14-8-4-5-10-16(14)12-21(3)13-22-17(23)19(20-18(22)24)11-7-6-9-15(19)2/h4-5,8,10,15H,6-7,9,11-13H2,1-3H3,(H,20,24)/t15-,19-/m0/s1. The highest BCUT2D eigenvalue weighted by Gasteiger charge is 2.54. The number of benzene rings is 1. The average molecular weight is 329 g/mol. The molecular formula is C19H27N3O2. The number of amides is 3. The molecule has 0 aromatic heterocycles. The van der Waals surface area contributed by atoms with E-state index < -0.39 is 5.54 Å². The zero-order valence-corrected chi connectivity index (χ0v) is 14.8. The molecule has 5 heteroatoms. The molecule has 3 rings (SSSR count). The average Bonchev–Trinajstić information content (AvgIpc) is 2.78. The van der Waals surface area contributed by atoms with E-state index in [1.165, 1.54) is 16.0 Å². The van der Waals surface area contributed by atoms with Crippen molar-refractivity contribution in [1.29, 1.82) is 0 Å². The van der Waals surface area contributed by atoms with E-state index in [9.17, 15) is 9.59 Å². The lowest BCUT2D eigenvalue weighted by molar-refractivity contribution is -0.135. The van der Waals surface area contributed by atoms with Crippen LogP contribution in [0.4, 0.5) is 4.79 Å². The summed E-state index contributed by atoms with van der Waals surface area (Å²) >= 11 is 0. The molecule has 3 amide bonds. The number of nitrogens with one attached hydrogen (secondary N) is 1. The summed E-state index contributed by atoms with van der Waals surface area (Å²) < 4.78 is 0. The van der Waals surface area contributed by atoms with Gasteiger partial charge in [-0.3, -0.25) is 9.69 Å². The summed E-state index contributed by atoms with van der Waals surface area (Å²) in [5.41, 5.74) is 1.77. The lowest BCUT2D eigenvalue weighted by Crippen LogP contribution is -2.54. The Bertz CT molecular complexity index is 645. The Balaban J connectivity index is 1.70. The maximum absolute atomic E-state index is 13.0. The second-order valence-electron chi connectivity index (χ2n) is 7.36. The Kier molecular flexibility index (Phi) is 4.63. The van der Waals surface area contributed by atoms with Crippen molar-refractivity contribution in [1.82, 2.24) is 15.1 Å². The molecule has 0 radical (unpaired) electrons. The minimum Gasteiger partial charge on any atom is -0.323 e. The van der Waals surface area contributed by atoms with E-state index in [1.54, 1.807) is 0 Å². The van der Waals surface area contributed by atoms with Gasteiger partial charge in [0.15, 0.2) is 0 Å². The molecule has 1 spiro atoms. The SMILES string of the molecule is Cc1ccccc1CN(C)CN1C(=O)N[C@]2(CCCC[C@@H]2C)C1=O. The molecule has 1 N–H and O–H groups in total. The molecule has 1 aliphatic heterocycles. The van der Waals surface area contributed by atoms with Crippen LogP contribution < -0.4 is 5.32 Å². The third-order valence-electron chi connectivity index (χ3n) is 5.59. The van der Waals surface area contributed by atoms with Gasteiger partial charge < -0.3 is 5.32 Å². The molecule has 2 fully saturated rings. The zero-order chi connectivity index (χ0) is 17.3. The highest BCUT2D eigenvalue weighted by atomic mass is 16.2. The van der Waals surface area contributed by atoms with Crippen LogP contribution in [-0.4, -0.2) is 41.0 Å². The van der Waals surface area contributed by atoms with Gasteiger partial charge in [0.05, 0.1) is 6.67 Å². The van der Waals surface area contributed by atoms with E-state index in [4.69, 9.17) is 0 Å². The van der Waals surface area contributed by atoms with Crippen LogP contribution >= 0.6 is 0 Å². The summed E-state index contributed by atoms with van der Waals surface area (Å²) in [6.45, 7) is 5.20. The predicted molar refractivity (Wildman–Crippen MR) is 93.3 cm³/mol. The third-order valence-corrected chi connectivity index (χ3v) is 5.59. The van der Waals surface area contributed by atoms with Gasteiger partial charge >= 0.3 is 6.03 Å². The van der Waals surface area contributed by atoms with Gasteiger partial charge in [0.25, 0.3) is 5.91 Å². The topological polar surface area (TPSA) is 52.6 Å². The number of hydrogen-bond acceptors (Lipinski definition) is 3. The van der Waals surface area contributed by atoms with E-state index >= 15 is 0 Å². The lowest BCUT2D eigenvalue weighted by Gasteiger charge is -2.37. The Hall–Kier alpha value is -1.88. The monoisotopic (exact) mass is 329 g/mol. The first-order valence-corrected chi connectivity index (χ1v) is 8.81. The van der Waals surface area contributed by atoms with Crippen molar-refractivity contribution >= 4 is 11.9 Å². The first kappa shape index (κ1) is 17.0. The summed E-state index contributed by atoms with van der Waals surface area (Å²) in [5, 5.41) is 3.01. The molecule has 1 saturated heterocycles. The number of rotatable bonds is 4. The Labute approximate surface area is 144 Å². The largest absolute Gasteiger partial charge is 0.326 e. The number of urea groups is 1. The fraction of sp³-hybridized carbons (Fsp3) is 0.579. The van der Waals surface area contributed by atoms with Gasteiger partial charge in [0, 0.05) is 6.54 Å². The summed E-state index contributed by atoms with van der Waals surface area (Å²) in [6.07, 6.45) is 3.90. The molecule has 0 bridgehead atoms. The van der Waals surface area contributed by atoms with E-state index in [-0.39, 0.29) is 17.9 Å². The molecule has 1 aliphatic carbocycles. The van der Waals surface area contributed by atoms with Crippen molar-refractivity contribution in [2.24, 2.45) is 5.92 Å². The molecule has 5 nitrogen and oxygen atoms in total. The van der Waals surface area contributed by atoms with Gasteiger partial charge in [0.1, 0.15) is 5.54 Å². The van der Waals surface area contributed by atoms with E-state index in [2.05, 4.69) is 31.3 Å². The van der Waals surface area contributed by atoms with Crippen molar-refractivity contribution in [2.75, 3.05) is 13.7 Å². The molecule has 1 saturated carbocycles. The minimum atomic E-state index is -0.668. The Morgan fingerprint density at radius 3 is 2.75 bits per heavy atom. The molecule has 2 atom stereocenters. The van der Waals surface area contributed by atoms with Crippen LogP contribution in [-0.2, 0) is 11.3 Å². The molecule has 1 aromatic rings. The first-order valence-electron chi connectivity index (χ1n) is 8.81. The van der Waals surface area contributed by atoms with Crippen LogP contribution in [0.5, 0.6) is 0 Å². The van der Waals surface area contributed by atoms with E-state index in [0.717, 1.165) is 25.7 Å². The van der Waals surface area contributed by atoms with Crippen LogP contribution in [0.3, 0.4) is 0 Å². The van der Waals surface area contributed by atoms with Gasteiger partial charge in [-0.2, -0.15) is 0 Å². The molecule has 24 heavy (non-hydrogen) atoms. The van der Waals surface area contributed by atoms with E-state index in [0.29, 0.717) is 13.2 Å². The predicted octanol–water partition coefficient (Wildman–Crippen LogP) is 2.89. The van der Waals surface area contributed by atoms with E-state index in [1.807, 2.05) is 24.1 Å². The summed E-state index contributed by atoms with van der Waals surface area (Å²) in [4.78, 5) is 28.8. The van der Waals surface area contributed by atoms with Crippen molar-refractivity contribution < 1.29 is 9.59 Å². The molecule has 130 valence electrons. The smallest absolute Gasteiger partial charge is 0.323 e. The van der Waals surface area contributed by atoms with Gasteiger partial charge in [-0.15, -0.1) is 0 Å². The van der Waals surface area contributed by atoms with Crippen molar-refractivity contribution in [3.63, 3.8) is 0 Å². The second-order valence-corrected chi connectivity index (χ2v) is 7.36. The molecule has 0 unspecified atom stereocenters. The first-order chi connectivity index (χ1) is 11.4. The quantitative estimate of drug-likeness (QED) is 0.864. The molecule has 1 aromatic carbocycles. The van der Waals surface area contributed by atoms with Crippen LogP contribution in [0.25, 0.3) is 0 Å². The summed E-state index contributed by atoms with van der Waals surface area (Å²) in [7, 11) is 1.95. The molecule has 2 aliphatic rings. The number of hydrogen-bond donors (Lipinski definition) is 1. The maximum Gasteiger partial charge on any atom is 0.326 e. The third kappa shape index (κ3) is 2.93. The highest BCUT2D eigenvalue weighted by Crippen LogP contribution is 2.38. The fourth-order valence-electron chi connectivity index (χ4n) is 3.99. The number of imide groups is 1. The van der Waals surface area contributed by atoms with Crippen molar-refractivity contribution in [3.8, 4) is 0 Å². The van der Waals surface area contributed by atoms with Gasteiger partial charge in [-0.25, -0.2) is 9.69 Å². The molecule has 1 heterocycles. The summed E-state index contributed by atoms with van der Waals surface area (Å²) in [5.74, 6) is 0.158. The van der Waals surface area contributed by atoms with Crippen LogP contribution in [0, 0.1) is 12.8 Å². The summed E-state index contributed by atoms with van der Waals surface area (Å²) in [6, 6.07) is 7.95. The lowest BCUT2D eigenvalue weighted by atomic mass is 9.73. The van der Waals surface area contributed by atoms with Crippen molar-refractivity contribution in [2.45, 2.75) is 51.6 Å². The zero-order valence-electron chi connectivity index (χ0n) is 14.8. The van der Waals surface area contributed by atoms with Gasteiger partial charge in [-0.1, -0.05) is 44.0 Å². The second kappa shape index (κ2) is 6.55. The Morgan fingerprint density at radius 1 is 1.29 bits per heavy atom. The number of carbonyl (C=O) groups is 2. The fourth-order valence-corrected chi connectivity index (χ4v) is 3.99.